The van der Waals surface area contributed by atoms with Gasteiger partial charge in [0.1, 0.15) is 12.5 Å². The van der Waals surface area contributed by atoms with Crippen LogP contribution in [0.15, 0.2) is 0 Å². The Morgan fingerprint density at radius 3 is 2.50 bits per heavy atom. The minimum Gasteiger partial charge on any atom is -0.377 e. The summed E-state index contributed by atoms with van der Waals surface area (Å²) in [6, 6.07) is 0.259. The van der Waals surface area contributed by atoms with Gasteiger partial charge in [0, 0.05) is 31.6 Å². The number of hydrogen-bond acceptors (Lipinski definition) is 5. The zero-order chi connectivity index (χ0) is 15.0. The molecule has 1 aliphatic rings. The van der Waals surface area contributed by atoms with E-state index in [1.807, 2.05) is 0 Å². The number of hydrogen-bond donors (Lipinski definition) is 4. The maximum absolute atomic E-state index is 9.46. The predicted octanol–water partition coefficient (Wildman–Crippen LogP) is 0.991. The number of methoxy groups -OCH3 is 1. The minimum atomic E-state index is -0.640. The molecule has 1 saturated carbocycles. The van der Waals surface area contributed by atoms with Gasteiger partial charge >= 0.3 is 0 Å². The summed E-state index contributed by atoms with van der Waals surface area (Å²) in [6.07, 6.45) is 4.72. The van der Waals surface area contributed by atoms with Crippen molar-refractivity contribution in [2.45, 2.75) is 62.9 Å². The van der Waals surface area contributed by atoms with Crippen molar-refractivity contribution in [1.82, 2.24) is 10.6 Å². The SMILES string of the molecule is CC[C@@H](CNC(O)CN)NC(OC)C1CCC(Cl)CC1. The summed E-state index contributed by atoms with van der Waals surface area (Å²) in [5.41, 5.74) is 5.39. The molecule has 20 heavy (non-hydrogen) atoms. The van der Waals surface area contributed by atoms with Crippen LogP contribution in [-0.4, -0.2) is 49.2 Å². The molecular weight excluding hydrogens is 278 g/mol. The van der Waals surface area contributed by atoms with Gasteiger partial charge in [0.05, 0.1) is 0 Å². The Hall–Kier alpha value is 0.0900. The molecule has 2 unspecified atom stereocenters. The smallest absolute Gasteiger partial charge is 0.117 e. The third kappa shape index (κ3) is 6.24. The molecule has 0 radical (unpaired) electrons. The van der Waals surface area contributed by atoms with Crippen molar-refractivity contribution in [2.75, 3.05) is 20.2 Å². The van der Waals surface area contributed by atoms with Crippen LogP contribution in [-0.2, 0) is 4.74 Å². The quantitative estimate of drug-likeness (QED) is 0.377. The second-order valence-corrected chi connectivity index (χ2v) is 6.22. The summed E-state index contributed by atoms with van der Waals surface area (Å²) in [6.45, 7) is 3.03. The second kappa shape index (κ2) is 9.92. The average Bonchev–Trinajstić information content (AvgIpc) is 2.48. The molecule has 5 N–H and O–H groups in total. The van der Waals surface area contributed by atoms with Gasteiger partial charge in [-0.05, 0) is 38.0 Å². The first-order valence-corrected chi connectivity index (χ1v) is 8.08. The van der Waals surface area contributed by atoms with E-state index in [4.69, 9.17) is 22.1 Å². The molecule has 5 nitrogen and oxygen atoms in total. The molecule has 0 aromatic carbocycles. The van der Waals surface area contributed by atoms with Crippen LogP contribution in [0, 0.1) is 5.92 Å². The van der Waals surface area contributed by atoms with E-state index >= 15 is 0 Å². The molecule has 0 aromatic rings. The Kier molecular flexibility index (Phi) is 9.00. The van der Waals surface area contributed by atoms with E-state index in [-0.39, 0.29) is 18.8 Å². The highest BCUT2D eigenvalue weighted by Gasteiger charge is 2.28. The number of alkyl halides is 1. The summed E-state index contributed by atoms with van der Waals surface area (Å²) in [4.78, 5) is 0. The molecule has 0 saturated heterocycles. The highest BCUT2D eigenvalue weighted by molar-refractivity contribution is 6.20. The van der Waals surface area contributed by atoms with Crippen LogP contribution in [0.2, 0.25) is 0 Å². The first kappa shape index (κ1) is 18.1. The fourth-order valence-electron chi connectivity index (χ4n) is 2.69. The summed E-state index contributed by atoms with van der Waals surface area (Å²) < 4.78 is 5.62. The molecule has 0 spiro atoms. The van der Waals surface area contributed by atoms with Crippen LogP contribution in [0.25, 0.3) is 0 Å². The molecule has 0 amide bonds. The number of aliphatic hydroxyl groups is 1. The third-order valence-electron chi connectivity index (χ3n) is 4.10. The molecule has 1 fully saturated rings. The lowest BCUT2D eigenvalue weighted by Gasteiger charge is -2.34. The zero-order valence-corrected chi connectivity index (χ0v) is 13.4. The van der Waals surface area contributed by atoms with E-state index < -0.39 is 6.23 Å². The van der Waals surface area contributed by atoms with Crippen molar-refractivity contribution >= 4 is 11.6 Å². The van der Waals surface area contributed by atoms with E-state index in [9.17, 15) is 5.11 Å². The average molecular weight is 308 g/mol. The first-order valence-electron chi connectivity index (χ1n) is 7.65. The van der Waals surface area contributed by atoms with E-state index in [0.29, 0.717) is 17.8 Å². The fraction of sp³-hybridized carbons (Fsp3) is 1.00. The Balaban J connectivity index is 2.39. The Labute approximate surface area is 127 Å². The topological polar surface area (TPSA) is 79.5 Å². The zero-order valence-electron chi connectivity index (χ0n) is 12.6. The second-order valence-electron chi connectivity index (χ2n) is 5.60. The van der Waals surface area contributed by atoms with Gasteiger partial charge in [-0.2, -0.15) is 0 Å². The van der Waals surface area contributed by atoms with E-state index in [0.717, 1.165) is 32.1 Å². The monoisotopic (exact) mass is 307 g/mol. The van der Waals surface area contributed by atoms with Crippen LogP contribution < -0.4 is 16.4 Å². The first-order chi connectivity index (χ1) is 9.60. The molecule has 0 aromatic heterocycles. The van der Waals surface area contributed by atoms with Gasteiger partial charge in [-0.25, -0.2) is 0 Å². The highest BCUT2D eigenvalue weighted by atomic mass is 35.5. The molecule has 0 aliphatic heterocycles. The standard InChI is InChI=1S/C14H30ClN3O2/c1-3-12(9-17-13(19)8-16)18-14(20-2)10-4-6-11(15)7-5-10/h10-14,17-19H,3-9,16H2,1-2H3/t10?,11?,12-,13?,14?/m0/s1. The maximum atomic E-state index is 9.46. The van der Waals surface area contributed by atoms with Crippen molar-refractivity contribution in [3.8, 4) is 0 Å². The van der Waals surface area contributed by atoms with Crippen LogP contribution >= 0.6 is 11.6 Å². The van der Waals surface area contributed by atoms with Gasteiger partial charge in [-0.15, -0.1) is 11.6 Å². The summed E-state index contributed by atoms with van der Waals surface area (Å²) in [7, 11) is 1.75. The highest BCUT2D eigenvalue weighted by Crippen LogP contribution is 2.30. The van der Waals surface area contributed by atoms with Crippen LogP contribution in [0.3, 0.4) is 0 Å². The number of ether oxygens (including phenoxy) is 1. The van der Waals surface area contributed by atoms with Gasteiger partial charge < -0.3 is 15.6 Å². The maximum Gasteiger partial charge on any atom is 0.117 e. The molecular formula is C14H30ClN3O2. The van der Waals surface area contributed by atoms with Crippen molar-refractivity contribution in [2.24, 2.45) is 11.7 Å². The third-order valence-corrected chi connectivity index (χ3v) is 4.54. The lowest BCUT2D eigenvalue weighted by molar-refractivity contribution is 0.00147. The van der Waals surface area contributed by atoms with Crippen molar-refractivity contribution in [1.29, 1.82) is 0 Å². The van der Waals surface area contributed by atoms with Crippen LogP contribution in [0.5, 0.6) is 0 Å². The van der Waals surface area contributed by atoms with Crippen molar-refractivity contribution in [3.63, 3.8) is 0 Å². The Morgan fingerprint density at radius 2 is 2.00 bits per heavy atom. The molecule has 0 bridgehead atoms. The van der Waals surface area contributed by atoms with Crippen molar-refractivity contribution in [3.05, 3.63) is 0 Å². The molecule has 3 atom stereocenters. The van der Waals surface area contributed by atoms with Gasteiger partial charge in [0.15, 0.2) is 0 Å². The Bertz CT molecular complexity index is 251. The molecule has 120 valence electrons. The van der Waals surface area contributed by atoms with Gasteiger partial charge in [-0.1, -0.05) is 6.92 Å². The molecule has 0 heterocycles. The lowest BCUT2D eigenvalue weighted by atomic mass is 9.87. The minimum absolute atomic E-state index is 0.0564. The van der Waals surface area contributed by atoms with Crippen LogP contribution in [0.4, 0.5) is 0 Å². The number of aliphatic hydroxyl groups excluding tert-OH is 1. The number of nitrogens with two attached hydrogens (primary N) is 1. The van der Waals surface area contributed by atoms with Gasteiger partial charge in [-0.3, -0.25) is 10.6 Å². The predicted molar refractivity (Wildman–Crippen MR) is 82.7 cm³/mol. The van der Waals surface area contributed by atoms with Crippen molar-refractivity contribution < 1.29 is 9.84 Å². The van der Waals surface area contributed by atoms with Crippen LogP contribution in [0.1, 0.15) is 39.0 Å². The molecule has 1 aliphatic carbocycles. The number of halogens is 1. The Morgan fingerprint density at radius 1 is 1.35 bits per heavy atom. The number of nitrogens with one attached hydrogen (secondary N) is 2. The summed E-state index contributed by atoms with van der Waals surface area (Å²) in [5, 5.41) is 16.3. The fourth-order valence-corrected chi connectivity index (χ4v) is 2.94. The van der Waals surface area contributed by atoms with E-state index in [2.05, 4.69) is 17.6 Å². The molecule has 6 heteroatoms. The van der Waals surface area contributed by atoms with Gasteiger partial charge in [0.2, 0.25) is 0 Å². The largest absolute Gasteiger partial charge is 0.377 e. The molecule has 1 rings (SSSR count). The normalized spacial score (nSPS) is 28.1. The summed E-state index contributed by atoms with van der Waals surface area (Å²) >= 11 is 6.15. The number of rotatable bonds is 9. The lowest BCUT2D eigenvalue weighted by Crippen LogP contribution is -2.50. The van der Waals surface area contributed by atoms with E-state index in [1.54, 1.807) is 7.11 Å². The summed E-state index contributed by atoms with van der Waals surface area (Å²) in [5.74, 6) is 0.517. The van der Waals surface area contributed by atoms with E-state index in [1.165, 1.54) is 0 Å². The van der Waals surface area contributed by atoms with Gasteiger partial charge in [0.25, 0.3) is 0 Å².